The molecule has 35 heavy (non-hydrogen) atoms. The molecule has 1 saturated heterocycles. The molecule has 2 aromatic carbocycles. The molecule has 2 aliphatic heterocycles. The highest BCUT2D eigenvalue weighted by molar-refractivity contribution is 6.62. The summed E-state index contributed by atoms with van der Waals surface area (Å²) >= 11 is 0. The second-order valence-corrected chi connectivity index (χ2v) is 8.83. The van der Waals surface area contributed by atoms with Crippen LogP contribution in [0.3, 0.4) is 0 Å². The minimum absolute atomic E-state index is 0.123. The molecule has 2 aromatic rings. The number of ether oxygens (including phenoxy) is 2. The summed E-state index contributed by atoms with van der Waals surface area (Å²) in [5.74, 6) is -1.44. The van der Waals surface area contributed by atoms with Gasteiger partial charge in [-0.3, -0.25) is 9.59 Å². The van der Waals surface area contributed by atoms with Crippen LogP contribution in [0, 0.1) is 12.7 Å². The predicted molar refractivity (Wildman–Crippen MR) is 128 cm³/mol. The lowest BCUT2D eigenvalue weighted by molar-refractivity contribution is -0.143. The SMILES string of the molecule is Cc1c(C(=O)NCC(=O)OCc2ccc(OCCCN3CCCC3)c(F)c2)ccc2c1B(O)OC2. The summed E-state index contributed by atoms with van der Waals surface area (Å²) in [6.07, 6.45) is 3.32. The van der Waals surface area contributed by atoms with Gasteiger partial charge in [-0.25, -0.2) is 4.39 Å². The molecule has 4 rings (SSSR count). The van der Waals surface area contributed by atoms with Gasteiger partial charge in [0, 0.05) is 12.1 Å². The molecule has 10 heteroatoms. The van der Waals surface area contributed by atoms with E-state index in [2.05, 4.69) is 10.2 Å². The first-order valence-corrected chi connectivity index (χ1v) is 11.9. The highest BCUT2D eigenvalue weighted by Crippen LogP contribution is 2.20. The van der Waals surface area contributed by atoms with Crippen molar-refractivity contribution in [2.75, 3.05) is 32.8 Å². The Balaban J connectivity index is 1.20. The number of nitrogens with zero attached hydrogens (tertiary/aromatic N) is 1. The molecule has 2 aliphatic rings. The van der Waals surface area contributed by atoms with E-state index >= 15 is 0 Å². The van der Waals surface area contributed by atoms with Gasteiger partial charge in [0.05, 0.1) is 13.2 Å². The van der Waals surface area contributed by atoms with Gasteiger partial charge in [-0.05, 0) is 79.6 Å². The number of hydrogen-bond acceptors (Lipinski definition) is 7. The first kappa shape index (κ1) is 25.2. The molecule has 2 heterocycles. The van der Waals surface area contributed by atoms with Crippen LogP contribution in [0.5, 0.6) is 5.75 Å². The first-order valence-electron chi connectivity index (χ1n) is 11.9. The Labute approximate surface area is 204 Å². The van der Waals surface area contributed by atoms with Crippen LogP contribution in [0.2, 0.25) is 0 Å². The van der Waals surface area contributed by atoms with E-state index in [1.54, 1.807) is 25.1 Å². The number of esters is 1. The number of benzene rings is 2. The zero-order valence-corrected chi connectivity index (χ0v) is 19.8. The number of fused-ring (bicyclic) bond motifs is 1. The van der Waals surface area contributed by atoms with Crippen molar-refractivity contribution in [2.24, 2.45) is 0 Å². The average Bonchev–Trinajstić information content (AvgIpc) is 3.50. The van der Waals surface area contributed by atoms with Crippen molar-refractivity contribution < 1.29 is 33.1 Å². The van der Waals surface area contributed by atoms with Gasteiger partial charge < -0.3 is 29.4 Å². The lowest BCUT2D eigenvalue weighted by Gasteiger charge is -2.14. The zero-order valence-electron chi connectivity index (χ0n) is 19.8. The Morgan fingerprint density at radius 3 is 2.80 bits per heavy atom. The van der Waals surface area contributed by atoms with Gasteiger partial charge in [-0.1, -0.05) is 12.1 Å². The number of hydrogen-bond donors (Lipinski definition) is 2. The van der Waals surface area contributed by atoms with Crippen molar-refractivity contribution in [2.45, 2.75) is 39.4 Å². The summed E-state index contributed by atoms with van der Waals surface area (Å²) in [6, 6.07) is 7.82. The van der Waals surface area contributed by atoms with Gasteiger partial charge in [0.15, 0.2) is 11.6 Å². The fraction of sp³-hybridized carbons (Fsp3) is 0.440. The molecule has 0 atom stereocenters. The van der Waals surface area contributed by atoms with Crippen molar-refractivity contribution in [3.63, 3.8) is 0 Å². The third-order valence-corrected chi connectivity index (χ3v) is 6.36. The van der Waals surface area contributed by atoms with Crippen LogP contribution in [0.1, 0.15) is 46.3 Å². The highest BCUT2D eigenvalue weighted by Gasteiger charge is 2.31. The third-order valence-electron chi connectivity index (χ3n) is 6.36. The summed E-state index contributed by atoms with van der Waals surface area (Å²) < 4.78 is 30.2. The fourth-order valence-electron chi connectivity index (χ4n) is 4.44. The smallest absolute Gasteiger partial charge is 0.490 e. The molecule has 0 spiro atoms. The van der Waals surface area contributed by atoms with E-state index in [-0.39, 0.29) is 25.5 Å². The van der Waals surface area contributed by atoms with E-state index in [0.717, 1.165) is 31.6 Å². The molecule has 0 aliphatic carbocycles. The minimum Gasteiger partial charge on any atom is -0.490 e. The van der Waals surface area contributed by atoms with E-state index in [1.165, 1.54) is 25.0 Å². The van der Waals surface area contributed by atoms with Gasteiger partial charge in [0.1, 0.15) is 13.2 Å². The second-order valence-electron chi connectivity index (χ2n) is 8.83. The molecule has 2 N–H and O–H groups in total. The van der Waals surface area contributed by atoms with Crippen LogP contribution in [-0.2, 0) is 27.4 Å². The van der Waals surface area contributed by atoms with Crippen molar-refractivity contribution >= 4 is 24.5 Å². The monoisotopic (exact) mass is 484 g/mol. The van der Waals surface area contributed by atoms with Gasteiger partial charge >= 0.3 is 13.1 Å². The number of nitrogens with one attached hydrogen (secondary N) is 1. The third kappa shape index (κ3) is 6.39. The number of carbonyl (C=O) groups excluding carboxylic acids is 2. The zero-order chi connectivity index (χ0) is 24.8. The Hall–Kier alpha value is -2.95. The van der Waals surface area contributed by atoms with E-state index in [4.69, 9.17) is 14.1 Å². The van der Waals surface area contributed by atoms with Gasteiger partial charge in [0.25, 0.3) is 5.91 Å². The van der Waals surface area contributed by atoms with Crippen molar-refractivity contribution in [3.8, 4) is 5.75 Å². The number of halogens is 1. The van der Waals surface area contributed by atoms with Crippen molar-refractivity contribution in [3.05, 3.63) is 58.4 Å². The number of likely N-dealkylation sites (tertiary alicyclic amines) is 1. The Bertz CT molecular complexity index is 1080. The van der Waals surface area contributed by atoms with E-state index in [0.29, 0.717) is 28.8 Å². The number of rotatable bonds is 10. The minimum atomic E-state index is -1.06. The first-order chi connectivity index (χ1) is 16.9. The Morgan fingerprint density at radius 2 is 2.03 bits per heavy atom. The lowest BCUT2D eigenvalue weighted by Crippen LogP contribution is -2.35. The topological polar surface area (TPSA) is 97.3 Å². The molecular formula is C25H30BFN2O6. The van der Waals surface area contributed by atoms with Crippen LogP contribution in [0.25, 0.3) is 0 Å². The molecule has 8 nitrogen and oxygen atoms in total. The van der Waals surface area contributed by atoms with Crippen LogP contribution in [0.4, 0.5) is 4.39 Å². The molecule has 1 fully saturated rings. The summed E-state index contributed by atoms with van der Waals surface area (Å²) in [4.78, 5) is 27.0. The largest absolute Gasteiger partial charge is 0.492 e. The summed E-state index contributed by atoms with van der Waals surface area (Å²) in [5.41, 5.74) is 2.85. The van der Waals surface area contributed by atoms with E-state index in [1.807, 2.05) is 0 Å². The number of carbonyl (C=O) groups is 2. The number of amides is 1. The summed E-state index contributed by atoms with van der Waals surface area (Å²) in [5, 5.41) is 12.4. The van der Waals surface area contributed by atoms with Crippen molar-refractivity contribution in [1.82, 2.24) is 10.2 Å². The maximum atomic E-state index is 14.3. The molecule has 0 unspecified atom stereocenters. The second kappa shape index (κ2) is 11.7. The van der Waals surface area contributed by atoms with Crippen LogP contribution >= 0.6 is 0 Å². The molecule has 0 bridgehead atoms. The summed E-state index contributed by atoms with van der Waals surface area (Å²) in [6.45, 7) is 5.19. The molecule has 1 amide bonds. The maximum Gasteiger partial charge on any atom is 0.492 e. The van der Waals surface area contributed by atoms with Crippen LogP contribution < -0.4 is 15.5 Å². The van der Waals surface area contributed by atoms with Crippen LogP contribution in [-0.4, -0.2) is 61.7 Å². The van der Waals surface area contributed by atoms with Crippen molar-refractivity contribution in [1.29, 1.82) is 0 Å². The summed E-state index contributed by atoms with van der Waals surface area (Å²) in [7, 11) is -1.06. The van der Waals surface area contributed by atoms with E-state index < -0.39 is 24.8 Å². The molecule has 0 aromatic heterocycles. The van der Waals surface area contributed by atoms with Gasteiger partial charge in [-0.15, -0.1) is 0 Å². The standard InChI is InChI=1S/C25H30BFN2O6/c1-17-20(7-6-19-16-35-26(32)24(17)19)25(31)28-14-23(30)34-15-18-5-8-22(21(27)13-18)33-12-4-11-29-9-2-3-10-29/h5-8,13,32H,2-4,9-12,14-16H2,1H3,(H,28,31). The molecule has 0 saturated carbocycles. The highest BCUT2D eigenvalue weighted by atomic mass is 19.1. The average molecular weight is 484 g/mol. The quantitative estimate of drug-likeness (QED) is 0.301. The maximum absolute atomic E-state index is 14.3. The fourth-order valence-corrected chi connectivity index (χ4v) is 4.44. The molecular weight excluding hydrogens is 454 g/mol. The van der Waals surface area contributed by atoms with E-state index in [9.17, 15) is 19.0 Å². The van der Waals surface area contributed by atoms with Gasteiger partial charge in [-0.2, -0.15) is 0 Å². The van der Waals surface area contributed by atoms with Crippen LogP contribution in [0.15, 0.2) is 30.3 Å². The Kier molecular flexibility index (Phi) is 8.38. The predicted octanol–water partition coefficient (Wildman–Crippen LogP) is 1.69. The molecule has 0 radical (unpaired) electrons. The normalized spacial score (nSPS) is 15.2. The van der Waals surface area contributed by atoms with Gasteiger partial charge in [0.2, 0.25) is 0 Å². The Morgan fingerprint density at radius 1 is 1.23 bits per heavy atom. The lowest BCUT2D eigenvalue weighted by atomic mass is 9.75. The molecule has 186 valence electrons.